The van der Waals surface area contributed by atoms with Crippen LogP contribution in [0.2, 0.25) is 0 Å². The predicted molar refractivity (Wildman–Crippen MR) is 91.4 cm³/mol. The number of nitrogens with one attached hydrogen (secondary N) is 1. The largest absolute Gasteiger partial charge is 0.364 e. The Kier molecular flexibility index (Phi) is 6.62. The molecule has 1 atom stereocenters. The summed E-state index contributed by atoms with van der Waals surface area (Å²) in [4.78, 5) is 12.4. The zero-order chi connectivity index (χ0) is 18.4. The van der Waals surface area contributed by atoms with Gasteiger partial charge in [0.1, 0.15) is 11.6 Å². The Balaban J connectivity index is 2.16. The van der Waals surface area contributed by atoms with Crippen molar-refractivity contribution in [1.29, 1.82) is 5.26 Å². The van der Waals surface area contributed by atoms with Gasteiger partial charge in [0.2, 0.25) is 0 Å². The van der Waals surface area contributed by atoms with Crippen molar-refractivity contribution < 1.29 is 18.3 Å². The van der Waals surface area contributed by atoms with Crippen LogP contribution in [0.4, 0.5) is 8.78 Å². The van der Waals surface area contributed by atoms with Crippen LogP contribution in [0.3, 0.4) is 0 Å². The van der Waals surface area contributed by atoms with Crippen molar-refractivity contribution >= 4 is 21.8 Å². The van der Waals surface area contributed by atoms with Crippen LogP contribution in [0, 0.1) is 23.0 Å². The summed E-state index contributed by atoms with van der Waals surface area (Å²) in [5.41, 5.74) is 0.822. The molecular weight excluding hydrogens is 394 g/mol. The Morgan fingerprint density at radius 1 is 1.28 bits per heavy atom. The highest BCUT2D eigenvalue weighted by molar-refractivity contribution is 9.10. The highest BCUT2D eigenvalue weighted by Gasteiger charge is 2.28. The minimum Gasteiger partial charge on any atom is -0.364 e. The van der Waals surface area contributed by atoms with Crippen molar-refractivity contribution in [1.82, 2.24) is 5.32 Å². The van der Waals surface area contributed by atoms with E-state index in [2.05, 4.69) is 21.2 Å². The molecule has 0 spiro atoms. The maximum atomic E-state index is 14.1. The van der Waals surface area contributed by atoms with Gasteiger partial charge in [-0.25, -0.2) is 8.78 Å². The predicted octanol–water partition coefficient (Wildman–Crippen LogP) is 3.99. The minimum atomic E-state index is -1.39. The number of rotatable bonds is 6. The summed E-state index contributed by atoms with van der Waals surface area (Å²) >= 11 is 3.00. The first-order valence-electron chi connectivity index (χ1n) is 7.49. The smallest absolute Gasteiger partial charge is 0.254 e. The molecule has 130 valence electrons. The molecule has 0 fully saturated rings. The van der Waals surface area contributed by atoms with Gasteiger partial charge >= 0.3 is 0 Å². The molecule has 25 heavy (non-hydrogen) atoms. The number of hydrogen-bond donors (Lipinski definition) is 1. The van der Waals surface area contributed by atoms with Crippen LogP contribution in [0.25, 0.3) is 0 Å². The van der Waals surface area contributed by atoms with E-state index in [9.17, 15) is 13.6 Å². The minimum absolute atomic E-state index is 0.115. The van der Waals surface area contributed by atoms with Gasteiger partial charge in [0, 0.05) is 17.6 Å². The number of halogens is 3. The highest BCUT2D eigenvalue weighted by atomic mass is 79.9. The molecule has 2 aromatic carbocycles. The first-order valence-corrected chi connectivity index (χ1v) is 8.28. The van der Waals surface area contributed by atoms with E-state index in [0.29, 0.717) is 5.56 Å². The van der Waals surface area contributed by atoms with E-state index in [0.717, 1.165) is 17.7 Å². The number of ether oxygens (including phenoxy) is 1. The van der Waals surface area contributed by atoms with Crippen molar-refractivity contribution in [3.63, 3.8) is 0 Å². The standard InChI is InChI=1S/C18H15BrF2N2O2/c1-2-25-17(16-14(20)7-13(19)8-15(16)21)18(24)23-10-12-5-3-11(9-22)4-6-12/h3-8,17H,2,10H2,1H3,(H,23,24). The quantitative estimate of drug-likeness (QED) is 0.785. The fraction of sp³-hybridized carbons (Fsp3) is 0.222. The van der Waals surface area contributed by atoms with Crippen molar-refractivity contribution in [3.8, 4) is 6.07 Å². The molecule has 0 radical (unpaired) electrons. The third-order valence-electron chi connectivity index (χ3n) is 3.43. The molecule has 4 nitrogen and oxygen atoms in total. The van der Waals surface area contributed by atoms with Gasteiger partial charge in [0.15, 0.2) is 6.10 Å². The first-order chi connectivity index (χ1) is 12.0. The summed E-state index contributed by atoms with van der Waals surface area (Å²) in [5.74, 6) is -2.37. The Labute approximate surface area is 152 Å². The Bertz CT molecular complexity index is 781. The second-order valence-electron chi connectivity index (χ2n) is 5.15. The van der Waals surface area contributed by atoms with E-state index in [4.69, 9.17) is 10.00 Å². The molecule has 1 N–H and O–H groups in total. The lowest BCUT2D eigenvalue weighted by Gasteiger charge is -2.18. The van der Waals surface area contributed by atoms with Crippen LogP contribution < -0.4 is 5.32 Å². The molecule has 0 aromatic heterocycles. The van der Waals surface area contributed by atoms with E-state index in [1.807, 2.05) is 6.07 Å². The van der Waals surface area contributed by atoms with Gasteiger partial charge in [-0.05, 0) is 36.8 Å². The number of hydrogen-bond acceptors (Lipinski definition) is 3. The molecule has 1 unspecified atom stereocenters. The summed E-state index contributed by atoms with van der Waals surface area (Å²) in [7, 11) is 0. The van der Waals surface area contributed by atoms with Crippen molar-refractivity contribution in [2.24, 2.45) is 0 Å². The topological polar surface area (TPSA) is 62.1 Å². The summed E-state index contributed by atoms with van der Waals surface area (Å²) < 4.78 is 33.8. The van der Waals surface area contributed by atoms with Gasteiger partial charge in [-0.1, -0.05) is 28.1 Å². The molecule has 0 aliphatic heterocycles. The summed E-state index contributed by atoms with van der Waals surface area (Å²) in [6.07, 6.45) is -1.39. The lowest BCUT2D eigenvalue weighted by molar-refractivity contribution is -0.133. The normalized spacial score (nSPS) is 11.6. The first kappa shape index (κ1) is 19.0. The molecule has 1 amide bonds. The van der Waals surface area contributed by atoms with Crippen LogP contribution in [0.1, 0.15) is 29.7 Å². The van der Waals surface area contributed by atoms with Gasteiger partial charge < -0.3 is 10.1 Å². The van der Waals surface area contributed by atoms with Crippen LogP contribution in [0.15, 0.2) is 40.9 Å². The van der Waals surface area contributed by atoms with Gasteiger partial charge in [-0.15, -0.1) is 0 Å². The highest BCUT2D eigenvalue weighted by Crippen LogP contribution is 2.27. The molecule has 0 saturated carbocycles. The molecule has 0 aliphatic rings. The van der Waals surface area contributed by atoms with Crippen LogP contribution in [-0.2, 0) is 16.1 Å². The van der Waals surface area contributed by atoms with E-state index in [-0.39, 0.29) is 17.6 Å². The van der Waals surface area contributed by atoms with Crippen molar-refractivity contribution in [3.05, 3.63) is 69.2 Å². The number of nitrogens with zero attached hydrogens (tertiary/aromatic N) is 1. The Hall–Kier alpha value is -2.30. The molecule has 2 aromatic rings. The van der Waals surface area contributed by atoms with E-state index in [1.165, 1.54) is 0 Å². The lowest BCUT2D eigenvalue weighted by Crippen LogP contribution is -2.31. The molecule has 0 bridgehead atoms. The monoisotopic (exact) mass is 408 g/mol. The van der Waals surface area contributed by atoms with Crippen LogP contribution in [-0.4, -0.2) is 12.5 Å². The second kappa shape index (κ2) is 8.70. The van der Waals surface area contributed by atoms with E-state index >= 15 is 0 Å². The van der Waals surface area contributed by atoms with Crippen LogP contribution >= 0.6 is 15.9 Å². The molecule has 2 rings (SSSR count). The Morgan fingerprint density at radius 2 is 1.88 bits per heavy atom. The summed E-state index contributed by atoms with van der Waals surface area (Å²) in [5, 5.41) is 11.4. The number of benzene rings is 2. The second-order valence-corrected chi connectivity index (χ2v) is 6.06. The Morgan fingerprint density at radius 3 is 2.40 bits per heavy atom. The zero-order valence-electron chi connectivity index (χ0n) is 13.4. The molecule has 0 heterocycles. The summed E-state index contributed by atoms with van der Waals surface area (Å²) in [6, 6.07) is 10.8. The fourth-order valence-electron chi connectivity index (χ4n) is 2.24. The maximum Gasteiger partial charge on any atom is 0.254 e. The number of carbonyl (C=O) groups is 1. The van der Waals surface area contributed by atoms with Crippen molar-refractivity contribution in [2.45, 2.75) is 19.6 Å². The van der Waals surface area contributed by atoms with Gasteiger partial charge in [0.25, 0.3) is 5.91 Å². The third kappa shape index (κ3) is 4.84. The SMILES string of the molecule is CCOC(C(=O)NCc1ccc(C#N)cc1)c1c(F)cc(Br)cc1F. The molecule has 0 aliphatic carbocycles. The van der Waals surface area contributed by atoms with E-state index in [1.54, 1.807) is 31.2 Å². The van der Waals surface area contributed by atoms with Crippen LogP contribution in [0.5, 0.6) is 0 Å². The summed E-state index contributed by atoms with van der Waals surface area (Å²) in [6.45, 7) is 1.90. The van der Waals surface area contributed by atoms with Gasteiger partial charge in [-0.2, -0.15) is 5.26 Å². The third-order valence-corrected chi connectivity index (χ3v) is 3.89. The number of nitriles is 1. The van der Waals surface area contributed by atoms with Crippen molar-refractivity contribution in [2.75, 3.05) is 6.61 Å². The van der Waals surface area contributed by atoms with Gasteiger partial charge in [-0.3, -0.25) is 4.79 Å². The molecular formula is C18H15BrF2N2O2. The average molecular weight is 409 g/mol. The maximum absolute atomic E-state index is 14.1. The molecule has 7 heteroatoms. The zero-order valence-corrected chi connectivity index (χ0v) is 14.9. The number of amides is 1. The average Bonchev–Trinajstić information content (AvgIpc) is 2.58. The number of carbonyl (C=O) groups excluding carboxylic acids is 1. The fourth-order valence-corrected chi connectivity index (χ4v) is 2.64. The van der Waals surface area contributed by atoms with Gasteiger partial charge in [0.05, 0.1) is 17.2 Å². The van der Waals surface area contributed by atoms with E-state index < -0.39 is 29.2 Å². The molecule has 0 saturated heterocycles. The lowest BCUT2D eigenvalue weighted by atomic mass is 10.1.